The van der Waals surface area contributed by atoms with Gasteiger partial charge in [-0.15, -0.1) is 0 Å². The Morgan fingerprint density at radius 3 is 2.58 bits per heavy atom. The molecule has 174 valence electrons. The number of rotatable bonds is 5. The minimum atomic E-state index is -0.504. The second-order valence-electron chi connectivity index (χ2n) is 6.74. The number of aldehydes is 2. The van der Waals surface area contributed by atoms with Crippen LogP contribution < -0.4 is 16.4 Å². The minimum Gasteiger partial charge on any atom is -0.388 e. The van der Waals surface area contributed by atoms with E-state index in [1.807, 2.05) is 29.9 Å². The van der Waals surface area contributed by atoms with Gasteiger partial charge in [0.2, 0.25) is 0 Å². The zero-order chi connectivity index (χ0) is 24.4. The smallest absolute Gasteiger partial charge is 0.156 e. The lowest BCUT2D eigenvalue weighted by atomic mass is 10.00. The molecule has 3 aromatic rings. The molecule has 1 unspecified atom stereocenters. The number of carbonyl (C=O) groups is 2. The van der Waals surface area contributed by atoms with Gasteiger partial charge in [-0.05, 0) is 49.4 Å². The van der Waals surface area contributed by atoms with Gasteiger partial charge >= 0.3 is 0 Å². The first-order chi connectivity index (χ1) is 16.0. The number of aromatic nitrogens is 2. The lowest BCUT2D eigenvalue weighted by Crippen LogP contribution is -2.25. The highest BCUT2D eigenvalue weighted by Gasteiger charge is 2.29. The maximum absolute atomic E-state index is 13.5. The van der Waals surface area contributed by atoms with E-state index >= 15 is 0 Å². The molecule has 0 saturated heterocycles. The number of nitrogens with one attached hydrogen (secondary N) is 2. The molecule has 0 bridgehead atoms. The molecule has 7 nitrogen and oxygen atoms in total. The summed E-state index contributed by atoms with van der Waals surface area (Å²) in [6.07, 6.45) is 3.44. The van der Waals surface area contributed by atoms with Crippen molar-refractivity contribution in [2.45, 2.75) is 12.5 Å². The van der Waals surface area contributed by atoms with Crippen molar-refractivity contribution in [2.75, 3.05) is 31.3 Å². The molecular weight excluding hydrogens is 445 g/mol. The maximum atomic E-state index is 13.5. The van der Waals surface area contributed by atoms with Crippen molar-refractivity contribution in [1.82, 2.24) is 9.78 Å². The van der Waals surface area contributed by atoms with Crippen molar-refractivity contribution in [3.8, 4) is 11.3 Å². The number of allylic oxidation sites excluding steroid dienone is 1. The number of halogens is 2. The number of benzene rings is 2. The predicted octanol–water partition coefficient (Wildman–Crippen LogP) is 4.55. The van der Waals surface area contributed by atoms with Crippen LogP contribution in [0.3, 0.4) is 0 Å². The molecule has 1 aliphatic rings. The third kappa shape index (κ3) is 5.66. The number of para-hydroxylation sites is 1. The van der Waals surface area contributed by atoms with Crippen LogP contribution in [0.2, 0.25) is 5.02 Å². The van der Waals surface area contributed by atoms with Gasteiger partial charge in [0.15, 0.2) is 6.29 Å². The fourth-order valence-corrected chi connectivity index (χ4v) is 3.75. The first kappa shape index (κ1) is 25.8. The van der Waals surface area contributed by atoms with Crippen LogP contribution in [0, 0.1) is 5.82 Å². The molecule has 0 aliphatic carbocycles. The molecule has 0 amide bonds. The number of hydrogen-bond donors (Lipinski definition) is 3. The summed E-state index contributed by atoms with van der Waals surface area (Å²) in [6, 6.07) is 12.4. The number of hydrogen-bond acceptors (Lipinski definition) is 6. The minimum absolute atomic E-state index is 0.000332. The van der Waals surface area contributed by atoms with E-state index in [0.717, 1.165) is 30.5 Å². The lowest BCUT2D eigenvalue weighted by molar-refractivity contribution is -0.104. The van der Waals surface area contributed by atoms with Crippen molar-refractivity contribution < 1.29 is 14.0 Å². The topological polar surface area (TPSA) is 102 Å². The number of anilines is 2. The average Bonchev–Trinajstić information content (AvgIpc) is 3.26. The Labute approximate surface area is 197 Å². The molecule has 4 rings (SSSR count). The van der Waals surface area contributed by atoms with Crippen molar-refractivity contribution in [2.24, 2.45) is 5.73 Å². The van der Waals surface area contributed by atoms with Crippen molar-refractivity contribution in [1.29, 1.82) is 0 Å². The Balaban J connectivity index is 0.000000582. The third-order valence-corrected chi connectivity index (χ3v) is 5.24. The molecule has 1 aliphatic heterocycles. The summed E-state index contributed by atoms with van der Waals surface area (Å²) in [5.74, 6) is 0.165. The number of nitrogens with two attached hydrogens (primary N) is 1. The molecule has 0 fully saturated rings. The Kier molecular flexibility index (Phi) is 9.78. The molecular formula is C24H27ClFN5O2. The van der Waals surface area contributed by atoms with Crippen LogP contribution in [0.4, 0.5) is 15.9 Å². The summed E-state index contributed by atoms with van der Waals surface area (Å²) in [7, 11) is 3.38. The van der Waals surface area contributed by atoms with Gasteiger partial charge in [-0.2, -0.15) is 5.10 Å². The Morgan fingerprint density at radius 2 is 1.97 bits per heavy atom. The van der Waals surface area contributed by atoms with Crippen LogP contribution in [0.15, 0.2) is 55.1 Å². The Hall–Kier alpha value is -3.49. The van der Waals surface area contributed by atoms with E-state index in [9.17, 15) is 9.18 Å². The van der Waals surface area contributed by atoms with Crippen LogP contribution >= 0.6 is 11.6 Å². The van der Waals surface area contributed by atoms with E-state index in [-0.39, 0.29) is 11.1 Å². The van der Waals surface area contributed by atoms with Gasteiger partial charge in [-0.1, -0.05) is 36.4 Å². The molecule has 1 aromatic heterocycles. The van der Waals surface area contributed by atoms with Crippen LogP contribution in [-0.4, -0.2) is 43.0 Å². The van der Waals surface area contributed by atoms with E-state index in [4.69, 9.17) is 21.5 Å². The van der Waals surface area contributed by atoms with Crippen LogP contribution in [-0.2, 0) is 4.79 Å². The monoisotopic (exact) mass is 471 g/mol. The molecule has 2 heterocycles. The van der Waals surface area contributed by atoms with E-state index in [0.29, 0.717) is 28.9 Å². The highest BCUT2D eigenvalue weighted by atomic mass is 35.5. The second kappa shape index (κ2) is 12.5. The van der Waals surface area contributed by atoms with E-state index < -0.39 is 5.82 Å². The molecule has 4 N–H and O–H groups in total. The van der Waals surface area contributed by atoms with Gasteiger partial charge in [0.05, 0.1) is 16.6 Å². The zero-order valence-electron chi connectivity index (χ0n) is 18.5. The van der Waals surface area contributed by atoms with Crippen LogP contribution in [0.25, 0.3) is 11.3 Å². The van der Waals surface area contributed by atoms with E-state index in [1.54, 1.807) is 6.07 Å². The van der Waals surface area contributed by atoms with Gasteiger partial charge < -0.3 is 16.4 Å². The maximum Gasteiger partial charge on any atom is 0.156 e. The zero-order valence-corrected chi connectivity index (χ0v) is 19.3. The molecule has 33 heavy (non-hydrogen) atoms. The van der Waals surface area contributed by atoms with Crippen LogP contribution in [0.1, 0.15) is 28.4 Å². The summed E-state index contributed by atoms with van der Waals surface area (Å²) in [4.78, 5) is 20.9. The van der Waals surface area contributed by atoms with Gasteiger partial charge in [-0.3, -0.25) is 9.59 Å². The van der Waals surface area contributed by atoms with E-state index in [1.165, 1.54) is 25.3 Å². The number of nitrogens with zero attached hydrogens (tertiary/aromatic N) is 2. The van der Waals surface area contributed by atoms with Crippen molar-refractivity contribution >= 4 is 35.7 Å². The number of carbonyl (C=O) groups excluding carboxylic acids is 2. The Bertz CT molecular complexity index is 1110. The van der Waals surface area contributed by atoms with E-state index in [2.05, 4.69) is 29.0 Å². The Morgan fingerprint density at radius 1 is 1.27 bits per heavy atom. The molecule has 9 heteroatoms. The third-order valence-electron chi connectivity index (χ3n) is 4.95. The summed E-state index contributed by atoms with van der Waals surface area (Å²) in [6.45, 7) is 3.83. The second-order valence-corrected chi connectivity index (χ2v) is 7.15. The van der Waals surface area contributed by atoms with Crippen LogP contribution in [0.5, 0.6) is 0 Å². The van der Waals surface area contributed by atoms with Gasteiger partial charge in [0.25, 0.3) is 0 Å². The molecule has 0 spiro atoms. The lowest BCUT2D eigenvalue weighted by Gasteiger charge is -2.27. The van der Waals surface area contributed by atoms with Crippen molar-refractivity contribution in [3.63, 3.8) is 0 Å². The highest BCUT2D eigenvalue weighted by Crippen LogP contribution is 2.38. The quantitative estimate of drug-likeness (QED) is 0.372. The summed E-state index contributed by atoms with van der Waals surface area (Å²) in [5.41, 5.74) is 8.16. The summed E-state index contributed by atoms with van der Waals surface area (Å²) < 4.78 is 15.4. The fourth-order valence-electron chi connectivity index (χ4n) is 3.57. The largest absolute Gasteiger partial charge is 0.388 e. The first-order valence-corrected chi connectivity index (χ1v) is 10.6. The molecule has 1 atom stereocenters. The molecule has 2 aromatic carbocycles. The normalized spacial score (nSPS) is 13.7. The summed E-state index contributed by atoms with van der Waals surface area (Å²) in [5, 5.41) is 11.2. The van der Waals surface area contributed by atoms with Crippen molar-refractivity contribution in [3.05, 3.63) is 77.1 Å². The predicted molar refractivity (Wildman–Crippen MR) is 132 cm³/mol. The van der Waals surface area contributed by atoms with Gasteiger partial charge in [-0.25, -0.2) is 9.07 Å². The van der Waals surface area contributed by atoms with Gasteiger partial charge in [0.1, 0.15) is 23.6 Å². The molecule has 0 radical (unpaired) electrons. The fraction of sp³-hybridized carbons (Fsp3) is 0.208. The molecule has 0 saturated carbocycles. The summed E-state index contributed by atoms with van der Waals surface area (Å²) >= 11 is 5.93. The highest BCUT2D eigenvalue weighted by molar-refractivity contribution is 6.31. The average molecular weight is 472 g/mol. The van der Waals surface area contributed by atoms with Gasteiger partial charge in [0, 0.05) is 24.8 Å². The SMILES string of the molecule is C=CC=O.CN.CNc1ccccc1C1CCNc2c(C=O)c(-c3ccc(F)c(Cl)c3)nn21. The standard InChI is InChI=1S/C20H18ClFN4O.C3H4O.CH5N/c1-23-17-5-3-2-4-13(17)18-8-9-24-20-14(11-27)19(25-26(18)20)12-6-7-16(22)15(21)10-12;1-2-3-4;1-2/h2-7,10-11,18,23-24H,8-9H2,1H3;2-3H,1H2;2H2,1H3. The number of fused-ring (bicyclic) bond motifs is 1. The first-order valence-electron chi connectivity index (χ1n) is 10.2.